The molecule has 0 spiro atoms. The van der Waals surface area contributed by atoms with Crippen molar-refractivity contribution in [2.24, 2.45) is 0 Å². The van der Waals surface area contributed by atoms with E-state index in [9.17, 15) is 4.79 Å². The summed E-state index contributed by atoms with van der Waals surface area (Å²) in [6.07, 6.45) is 6.07. The number of imidazole rings is 1. The van der Waals surface area contributed by atoms with Crippen LogP contribution in [0.4, 0.5) is 0 Å². The van der Waals surface area contributed by atoms with Gasteiger partial charge in [0.15, 0.2) is 0 Å². The van der Waals surface area contributed by atoms with Gasteiger partial charge in [-0.3, -0.25) is 0 Å². The molecule has 1 aromatic rings. The van der Waals surface area contributed by atoms with Gasteiger partial charge >= 0.3 is 5.97 Å². The zero-order valence-electron chi connectivity index (χ0n) is 6.07. The number of aromatic nitrogens is 2. The lowest BCUT2D eigenvalue weighted by atomic mass is 10.4. The van der Waals surface area contributed by atoms with Gasteiger partial charge in [-0.1, -0.05) is 0 Å². The van der Waals surface area contributed by atoms with E-state index in [2.05, 4.69) is 14.7 Å². The summed E-state index contributed by atoms with van der Waals surface area (Å²) in [5, 5.41) is 0. The van der Waals surface area contributed by atoms with Crippen LogP contribution in [-0.2, 0) is 9.53 Å². The SMILES string of the molecule is COC(=O)/C=C\c1cnc[nH]1. The van der Waals surface area contributed by atoms with Crippen molar-refractivity contribution in [3.05, 3.63) is 24.3 Å². The van der Waals surface area contributed by atoms with Gasteiger partial charge in [0, 0.05) is 6.08 Å². The van der Waals surface area contributed by atoms with Gasteiger partial charge in [0.1, 0.15) is 0 Å². The van der Waals surface area contributed by atoms with Gasteiger partial charge < -0.3 is 9.72 Å². The first kappa shape index (κ1) is 7.53. The second kappa shape index (κ2) is 3.55. The first-order valence-electron chi connectivity index (χ1n) is 3.07. The molecule has 0 radical (unpaired) electrons. The van der Waals surface area contributed by atoms with Gasteiger partial charge in [-0.15, -0.1) is 0 Å². The number of nitrogens with one attached hydrogen (secondary N) is 1. The number of rotatable bonds is 2. The standard InChI is InChI=1S/C7H8N2O2/c1-11-7(10)3-2-6-4-8-5-9-6/h2-5H,1H3,(H,8,9)/b3-2-. The van der Waals surface area contributed by atoms with E-state index in [4.69, 9.17) is 0 Å². The van der Waals surface area contributed by atoms with Crippen molar-refractivity contribution in [1.82, 2.24) is 9.97 Å². The normalized spacial score (nSPS) is 10.3. The Morgan fingerprint density at radius 1 is 1.82 bits per heavy atom. The maximum Gasteiger partial charge on any atom is 0.330 e. The summed E-state index contributed by atoms with van der Waals surface area (Å²) in [4.78, 5) is 17.1. The number of ether oxygens (including phenoxy) is 1. The third-order valence-corrected chi connectivity index (χ3v) is 1.12. The molecule has 0 aliphatic carbocycles. The Labute approximate surface area is 63.9 Å². The van der Waals surface area contributed by atoms with Crippen molar-refractivity contribution in [1.29, 1.82) is 0 Å². The number of methoxy groups -OCH3 is 1. The summed E-state index contributed by atoms with van der Waals surface area (Å²) in [6.45, 7) is 0. The summed E-state index contributed by atoms with van der Waals surface area (Å²) < 4.78 is 4.39. The number of carbonyl (C=O) groups is 1. The van der Waals surface area contributed by atoms with Gasteiger partial charge in [-0.2, -0.15) is 0 Å². The van der Waals surface area contributed by atoms with E-state index in [1.54, 1.807) is 12.3 Å². The van der Waals surface area contributed by atoms with Crippen LogP contribution in [0.15, 0.2) is 18.6 Å². The molecule has 1 aromatic heterocycles. The quantitative estimate of drug-likeness (QED) is 0.498. The van der Waals surface area contributed by atoms with Crippen molar-refractivity contribution >= 4 is 12.0 Å². The van der Waals surface area contributed by atoms with Crippen molar-refractivity contribution in [3.8, 4) is 0 Å². The molecule has 0 atom stereocenters. The molecule has 11 heavy (non-hydrogen) atoms. The summed E-state index contributed by atoms with van der Waals surface area (Å²) in [7, 11) is 1.33. The summed E-state index contributed by atoms with van der Waals surface area (Å²) in [6, 6.07) is 0. The lowest BCUT2D eigenvalue weighted by molar-refractivity contribution is -0.134. The van der Waals surface area contributed by atoms with E-state index in [0.29, 0.717) is 0 Å². The van der Waals surface area contributed by atoms with Crippen molar-refractivity contribution in [3.63, 3.8) is 0 Å². The molecule has 0 bridgehead atoms. The van der Waals surface area contributed by atoms with Crippen molar-refractivity contribution in [2.45, 2.75) is 0 Å². The third kappa shape index (κ3) is 2.25. The van der Waals surface area contributed by atoms with Gasteiger partial charge in [-0.25, -0.2) is 9.78 Å². The van der Waals surface area contributed by atoms with Crippen LogP contribution in [0.3, 0.4) is 0 Å². The molecule has 0 unspecified atom stereocenters. The Morgan fingerprint density at radius 3 is 3.18 bits per heavy atom. The second-order valence-electron chi connectivity index (χ2n) is 1.86. The molecule has 58 valence electrons. The molecule has 1 rings (SSSR count). The van der Waals surface area contributed by atoms with Crippen molar-refractivity contribution < 1.29 is 9.53 Å². The van der Waals surface area contributed by atoms with Crippen LogP contribution < -0.4 is 0 Å². The van der Waals surface area contributed by atoms with Gasteiger partial charge in [0.25, 0.3) is 0 Å². The molecule has 0 aliphatic heterocycles. The highest BCUT2D eigenvalue weighted by atomic mass is 16.5. The van der Waals surface area contributed by atoms with Crippen LogP contribution >= 0.6 is 0 Å². The molecular weight excluding hydrogens is 144 g/mol. The fraction of sp³-hybridized carbons (Fsp3) is 0.143. The number of H-pyrrole nitrogens is 1. The number of hydrogen-bond acceptors (Lipinski definition) is 3. The van der Waals surface area contributed by atoms with Crippen LogP contribution in [0.2, 0.25) is 0 Å². The van der Waals surface area contributed by atoms with E-state index < -0.39 is 0 Å². The van der Waals surface area contributed by atoms with Crippen LogP contribution in [0, 0.1) is 0 Å². The average molecular weight is 152 g/mol. The number of carbonyl (C=O) groups excluding carboxylic acids is 1. The average Bonchev–Trinajstić information content (AvgIpc) is 2.52. The smallest absolute Gasteiger partial charge is 0.330 e. The first-order chi connectivity index (χ1) is 5.33. The molecule has 0 saturated heterocycles. The maximum atomic E-state index is 10.6. The van der Waals surface area contributed by atoms with E-state index >= 15 is 0 Å². The number of esters is 1. The van der Waals surface area contributed by atoms with Gasteiger partial charge in [-0.05, 0) is 6.08 Å². The molecule has 0 aromatic carbocycles. The first-order valence-corrected chi connectivity index (χ1v) is 3.07. The highest BCUT2D eigenvalue weighted by molar-refractivity contribution is 5.86. The summed E-state index contributed by atoms with van der Waals surface area (Å²) >= 11 is 0. The van der Waals surface area contributed by atoms with E-state index in [1.165, 1.54) is 19.5 Å². The summed E-state index contributed by atoms with van der Waals surface area (Å²) in [5.41, 5.74) is 0.774. The van der Waals surface area contributed by atoms with Crippen molar-refractivity contribution in [2.75, 3.05) is 7.11 Å². The molecule has 1 N–H and O–H groups in total. The molecule has 0 fully saturated rings. The molecule has 0 aliphatic rings. The maximum absolute atomic E-state index is 10.6. The van der Waals surface area contributed by atoms with Gasteiger partial charge in [0.05, 0.1) is 25.3 Å². The Morgan fingerprint density at radius 2 is 2.64 bits per heavy atom. The minimum absolute atomic E-state index is 0.375. The zero-order chi connectivity index (χ0) is 8.10. The molecule has 0 amide bonds. The minimum Gasteiger partial charge on any atom is -0.466 e. The predicted molar refractivity (Wildman–Crippen MR) is 39.6 cm³/mol. The summed E-state index contributed by atoms with van der Waals surface area (Å²) in [5.74, 6) is -0.375. The fourth-order valence-electron chi connectivity index (χ4n) is 0.584. The van der Waals surface area contributed by atoms with Crippen LogP contribution in [0.25, 0.3) is 6.08 Å². The minimum atomic E-state index is -0.375. The number of aromatic amines is 1. The lowest BCUT2D eigenvalue weighted by Crippen LogP contribution is -1.93. The molecular formula is C7H8N2O2. The molecule has 0 saturated carbocycles. The predicted octanol–water partition coefficient (Wildman–Crippen LogP) is 0.596. The highest BCUT2D eigenvalue weighted by Crippen LogP contribution is 1.93. The third-order valence-electron chi connectivity index (χ3n) is 1.12. The van der Waals surface area contributed by atoms with Gasteiger partial charge in [0.2, 0.25) is 0 Å². The Hall–Kier alpha value is -1.58. The topological polar surface area (TPSA) is 55.0 Å². The highest BCUT2D eigenvalue weighted by Gasteiger charge is 1.90. The monoisotopic (exact) mass is 152 g/mol. The lowest BCUT2D eigenvalue weighted by Gasteiger charge is -1.87. The Kier molecular flexibility index (Phi) is 2.43. The van der Waals surface area contributed by atoms with E-state index in [1.807, 2.05) is 0 Å². The van der Waals surface area contributed by atoms with E-state index in [0.717, 1.165) is 5.69 Å². The number of hydrogen-bond donors (Lipinski definition) is 1. The second-order valence-corrected chi connectivity index (χ2v) is 1.86. The largest absolute Gasteiger partial charge is 0.466 e. The Balaban J connectivity index is 2.55. The molecule has 4 nitrogen and oxygen atoms in total. The molecule has 1 heterocycles. The van der Waals surface area contributed by atoms with Crippen LogP contribution in [0.5, 0.6) is 0 Å². The van der Waals surface area contributed by atoms with E-state index in [-0.39, 0.29) is 5.97 Å². The number of nitrogens with zero attached hydrogens (tertiary/aromatic N) is 1. The Bertz CT molecular complexity index is 251. The van der Waals surface area contributed by atoms with Crippen LogP contribution in [0.1, 0.15) is 5.69 Å². The zero-order valence-corrected chi connectivity index (χ0v) is 6.07. The molecule has 4 heteroatoms. The fourth-order valence-corrected chi connectivity index (χ4v) is 0.584. The van der Waals surface area contributed by atoms with Crippen LogP contribution in [-0.4, -0.2) is 23.0 Å².